The van der Waals surface area contributed by atoms with Crippen LogP contribution in [-0.2, 0) is 14.4 Å². The molecule has 0 aliphatic rings. The predicted octanol–water partition coefficient (Wildman–Crippen LogP) is 0.314. The van der Waals surface area contributed by atoms with Gasteiger partial charge in [-0.3, -0.25) is 9.59 Å². The highest BCUT2D eigenvalue weighted by atomic mass is 16.4. The van der Waals surface area contributed by atoms with Gasteiger partial charge >= 0.3 is 17.9 Å². The Balaban J connectivity index is 0.000000231. The molecule has 0 bridgehead atoms. The number of carbonyl (C=O) groups is 3. The van der Waals surface area contributed by atoms with E-state index in [-0.39, 0.29) is 0 Å². The summed E-state index contributed by atoms with van der Waals surface area (Å²) in [4.78, 5) is 37.6. The quantitative estimate of drug-likeness (QED) is 0.527. The van der Waals surface area contributed by atoms with Crippen molar-refractivity contribution in [3.8, 4) is 0 Å². The van der Waals surface area contributed by atoms with Crippen LogP contribution < -0.4 is 0 Å². The number of carboxylic acid groups (broad SMARTS) is 3. The number of benzene rings is 1. The van der Waals surface area contributed by atoms with Crippen molar-refractivity contribution in [3.05, 3.63) is 30.6 Å². The number of imidazole rings is 1. The molecule has 9 nitrogen and oxygen atoms in total. The van der Waals surface area contributed by atoms with Gasteiger partial charge in [0.25, 0.3) is 0 Å². The van der Waals surface area contributed by atoms with Crippen LogP contribution in [0.2, 0.25) is 0 Å². The van der Waals surface area contributed by atoms with E-state index in [2.05, 4.69) is 9.97 Å². The highest BCUT2D eigenvalue weighted by Crippen LogP contribution is 2.15. The first-order valence-electron chi connectivity index (χ1n) is 6.02. The molecule has 0 unspecified atom stereocenters. The Morgan fingerprint density at radius 3 is 2.05 bits per heavy atom. The van der Waals surface area contributed by atoms with Crippen molar-refractivity contribution in [1.29, 1.82) is 0 Å². The van der Waals surface area contributed by atoms with Crippen molar-refractivity contribution < 1.29 is 34.8 Å². The van der Waals surface area contributed by atoms with Crippen molar-refractivity contribution >= 4 is 28.9 Å². The second-order valence-electron chi connectivity index (χ2n) is 4.40. The maximum Gasteiger partial charge on any atom is 0.336 e. The number of hydrogen-bond donors (Lipinski definition) is 5. The monoisotopic (exact) mass is 310 g/mol. The van der Waals surface area contributed by atoms with Crippen molar-refractivity contribution in [1.82, 2.24) is 9.97 Å². The molecular weight excluding hydrogens is 296 g/mol. The number of hydrogen-bond acceptors (Lipinski definition) is 5. The summed E-state index contributed by atoms with van der Waals surface area (Å²) in [6.45, 7) is 0. The number of aliphatic carboxylic acids is 3. The molecule has 118 valence electrons. The number of aromatic amines is 1. The lowest BCUT2D eigenvalue weighted by Crippen LogP contribution is -2.42. The summed E-state index contributed by atoms with van der Waals surface area (Å²) in [6.07, 6.45) is -0.589. The van der Waals surface area contributed by atoms with Crippen molar-refractivity contribution in [2.45, 2.75) is 18.4 Å². The van der Waals surface area contributed by atoms with Gasteiger partial charge < -0.3 is 25.4 Å². The van der Waals surface area contributed by atoms with E-state index in [1.165, 1.54) is 0 Å². The highest BCUT2D eigenvalue weighted by Gasteiger charge is 2.40. The van der Waals surface area contributed by atoms with Crippen LogP contribution in [0.4, 0.5) is 0 Å². The van der Waals surface area contributed by atoms with Gasteiger partial charge in [0, 0.05) is 0 Å². The minimum Gasteiger partial charge on any atom is -0.481 e. The molecule has 5 N–H and O–H groups in total. The van der Waals surface area contributed by atoms with E-state index in [0.29, 0.717) is 0 Å². The van der Waals surface area contributed by atoms with Gasteiger partial charge in [-0.05, 0) is 12.1 Å². The minimum absolute atomic E-state index is 1.03. The van der Waals surface area contributed by atoms with E-state index in [1.54, 1.807) is 6.33 Å². The summed E-state index contributed by atoms with van der Waals surface area (Å²) >= 11 is 0. The fourth-order valence-electron chi connectivity index (χ4n) is 1.59. The number of nitrogens with one attached hydrogen (secondary N) is 1. The van der Waals surface area contributed by atoms with Crippen LogP contribution in [0.3, 0.4) is 0 Å². The van der Waals surface area contributed by atoms with Gasteiger partial charge in [-0.2, -0.15) is 0 Å². The first-order chi connectivity index (χ1) is 10.2. The van der Waals surface area contributed by atoms with Crippen LogP contribution in [0, 0.1) is 0 Å². The van der Waals surface area contributed by atoms with Crippen molar-refractivity contribution in [2.24, 2.45) is 0 Å². The molecule has 1 heterocycles. The lowest BCUT2D eigenvalue weighted by atomic mass is 9.96. The smallest absolute Gasteiger partial charge is 0.336 e. The average molecular weight is 310 g/mol. The van der Waals surface area contributed by atoms with Gasteiger partial charge in [-0.1, -0.05) is 12.1 Å². The second-order valence-corrected chi connectivity index (χ2v) is 4.40. The maximum atomic E-state index is 10.3. The van der Waals surface area contributed by atoms with E-state index in [0.717, 1.165) is 11.0 Å². The van der Waals surface area contributed by atoms with E-state index >= 15 is 0 Å². The number of carboxylic acids is 3. The van der Waals surface area contributed by atoms with Crippen LogP contribution in [0.1, 0.15) is 12.8 Å². The molecule has 9 heteroatoms. The molecule has 0 saturated carbocycles. The van der Waals surface area contributed by atoms with Gasteiger partial charge in [0.05, 0.1) is 30.2 Å². The topological polar surface area (TPSA) is 161 Å². The standard InChI is InChI=1S/C7H6N2.C6H8O7/c1-2-4-7-6(3-1)8-5-9-7;7-3(8)1-6(13,5(11)12)2-4(9)10/h1-5H,(H,8,9);13H,1-2H2,(H,7,8)(H,9,10)(H,11,12). The summed E-state index contributed by atoms with van der Waals surface area (Å²) < 4.78 is 0. The first kappa shape index (κ1) is 17.1. The van der Waals surface area contributed by atoms with E-state index in [9.17, 15) is 14.4 Å². The molecule has 0 aliphatic carbocycles. The van der Waals surface area contributed by atoms with Crippen LogP contribution >= 0.6 is 0 Å². The van der Waals surface area contributed by atoms with Crippen molar-refractivity contribution in [2.75, 3.05) is 0 Å². The lowest BCUT2D eigenvalue weighted by molar-refractivity contribution is -0.170. The number of aliphatic hydroxyl groups is 1. The summed E-state index contributed by atoms with van der Waals surface area (Å²) in [6, 6.07) is 7.94. The van der Waals surface area contributed by atoms with Gasteiger partial charge in [0.2, 0.25) is 0 Å². The van der Waals surface area contributed by atoms with Crippen LogP contribution in [-0.4, -0.2) is 53.9 Å². The van der Waals surface area contributed by atoms with Crippen LogP contribution in [0.25, 0.3) is 11.0 Å². The third-order valence-corrected chi connectivity index (χ3v) is 2.61. The molecule has 22 heavy (non-hydrogen) atoms. The number of para-hydroxylation sites is 2. The SMILES string of the molecule is O=C(O)CC(O)(CC(=O)O)C(=O)O.c1ccc2[nH]cnc2c1. The lowest BCUT2D eigenvalue weighted by Gasteiger charge is -2.18. The van der Waals surface area contributed by atoms with Crippen LogP contribution in [0.15, 0.2) is 30.6 Å². The van der Waals surface area contributed by atoms with E-state index < -0.39 is 36.4 Å². The largest absolute Gasteiger partial charge is 0.481 e. The molecule has 0 saturated heterocycles. The maximum absolute atomic E-state index is 10.3. The first-order valence-corrected chi connectivity index (χ1v) is 6.02. The Morgan fingerprint density at radius 2 is 1.59 bits per heavy atom. The molecule has 1 aromatic carbocycles. The van der Waals surface area contributed by atoms with E-state index in [1.807, 2.05) is 24.3 Å². The van der Waals surface area contributed by atoms with Gasteiger partial charge in [0.15, 0.2) is 5.60 Å². The number of aromatic nitrogens is 2. The molecule has 1 aromatic heterocycles. The summed E-state index contributed by atoms with van der Waals surface area (Å²) in [5.74, 6) is -5.02. The third-order valence-electron chi connectivity index (χ3n) is 2.61. The number of H-pyrrole nitrogens is 1. The Morgan fingerprint density at radius 1 is 1.05 bits per heavy atom. The number of nitrogens with zero attached hydrogens (tertiary/aromatic N) is 1. The van der Waals surface area contributed by atoms with Crippen LogP contribution in [0.5, 0.6) is 0 Å². The Kier molecular flexibility index (Phi) is 5.58. The fourth-order valence-corrected chi connectivity index (χ4v) is 1.59. The zero-order chi connectivity index (χ0) is 16.8. The molecular formula is C13H14N2O7. The molecule has 0 spiro atoms. The molecule has 2 rings (SSSR count). The third kappa shape index (κ3) is 4.87. The molecule has 2 aromatic rings. The Labute approximate surface area is 123 Å². The normalized spacial score (nSPS) is 10.6. The molecule has 0 radical (unpaired) electrons. The molecule has 0 fully saturated rings. The predicted molar refractivity (Wildman–Crippen MR) is 73.2 cm³/mol. The summed E-state index contributed by atoms with van der Waals surface area (Å²) in [7, 11) is 0. The summed E-state index contributed by atoms with van der Waals surface area (Å²) in [5.41, 5.74) is -0.618. The molecule has 0 amide bonds. The Bertz CT molecular complexity index is 634. The highest BCUT2D eigenvalue weighted by molar-refractivity contribution is 5.88. The van der Waals surface area contributed by atoms with Gasteiger partial charge in [0.1, 0.15) is 0 Å². The minimum atomic E-state index is -2.74. The van der Waals surface area contributed by atoms with E-state index in [4.69, 9.17) is 20.4 Å². The zero-order valence-corrected chi connectivity index (χ0v) is 11.3. The van der Waals surface area contributed by atoms with Gasteiger partial charge in [-0.15, -0.1) is 0 Å². The number of fused-ring (bicyclic) bond motifs is 1. The second kappa shape index (κ2) is 7.18. The molecule has 0 aliphatic heterocycles. The Hall–Kier alpha value is -2.94. The van der Waals surface area contributed by atoms with Crippen molar-refractivity contribution in [3.63, 3.8) is 0 Å². The van der Waals surface area contributed by atoms with Gasteiger partial charge in [-0.25, -0.2) is 9.78 Å². The molecule has 0 atom stereocenters. The fraction of sp³-hybridized carbons (Fsp3) is 0.231. The zero-order valence-electron chi connectivity index (χ0n) is 11.3. The summed E-state index contributed by atoms with van der Waals surface area (Å²) in [5, 5.41) is 33.8. The number of rotatable bonds is 5. The average Bonchev–Trinajstić information content (AvgIpc) is 2.85.